The minimum Gasteiger partial charge on any atom is -0.495 e. The summed E-state index contributed by atoms with van der Waals surface area (Å²) in [5, 5.41) is 7.23. The first kappa shape index (κ1) is 28.8. The van der Waals surface area contributed by atoms with E-state index in [2.05, 4.69) is 15.8 Å². The van der Waals surface area contributed by atoms with Gasteiger partial charge in [-0.15, -0.1) is 0 Å². The van der Waals surface area contributed by atoms with Crippen molar-refractivity contribution >= 4 is 62.6 Å². The molecule has 0 spiro atoms. The van der Waals surface area contributed by atoms with Crippen LogP contribution in [0.4, 0.5) is 11.4 Å². The third-order valence-electron chi connectivity index (χ3n) is 4.90. The first-order valence-corrected chi connectivity index (χ1v) is 13.6. The normalized spacial score (nSPS) is 11.2. The van der Waals surface area contributed by atoms with Crippen molar-refractivity contribution in [2.24, 2.45) is 5.10 Å². The van der Waals surface area contributed by atoms with Crippen LogP contribution in [-0.4, -0.2) is 53.0 Å². The zero-order valence-electron chi connectivity index (χ0n) is 20.4. The van der Waals surface area contributed by atoms with Crippen molar-refractivity contribution in [3.63, 3.8) is 0 Å². The number of para-hydroxylation sites is 1. The van der Waals surface area contributed by atoms with Gasteiger partial charge in [-0.3, -0.25) is 13.9 Å². The van der Waals surface area contributed by atoms with Crippen LogP contribution in [0.25, 0.3) is 0 Å². The lowest BCUT2D eigenvalue weighted by atomic mass is 10.2. The fourth-order valence-corrected chi connectivity index (χ4v) is 4.33. The molecule has 10 nitrogen and oxygen atoms in total. The summed E-state index contributed by atoms with van der Waals surface area (Å²) in [7, 11) is -2.46. The van der Waals surface area contributed by atoms with Gasteiger partial charge in [0.05, 0.1) is 36.0 Å². The summed E-state index contributed by atoms with van der Waals surface area (Å²) in [6.45, 7) is -0.765. The standard InChI is InChI=1S/C25H24Cl2N4O6S/c1-36-23-12-9-18(26)13-22(23)31(38(2,34)35)15-24(32)30-28-14-17-7-10-19(11-8-17)37-16-25(33)29-21-6-4-3-5-20(21)27/h3-14H,15-16H2,1-2H3,(H,29,33)(H,30,32)/b28-14-. The number of hydrogen-bond donors (Lipinski definition) is 2. The van der Waals surface area contributed by atoms with Gasteiger partial charge in [0.15, 0.2) is 6.61 Å². The number of anilines is 2. The Labute approximate surface area is 230 Å². The van der Waals surface area contributed by atoms with E-state index in [9.17, 15) is 18.0 Å². The topological polar surface area (TPSA) is 126 Å². The average Bonchev–Trinajstić information content (AvgIpc) is 2.87. The SMILES string of the molecule is COc1ccc(Cl)cc1N(CC(=O)N/N=C\c1ccc(OCC(=O)Nc2ccccc2Cl)cc1)S(C)(=O)=O. The Balaban J connectivity index is 1.54. The van der Waals surface area contributed by atoms with Crippen LogP contribution in [0.5, 0.6) is 11.5 Å². The van der Waals surface area contributed by atoms with Crippen LogP contribution in [0.15, 0.2) is 71.8 Å². The van der Waals surface area contributed by atoms with Gasteiger partial charge in [-0.25, -0.2) is 13.8 Å². The Morgan fingerprint density at radius 3 is 2.39 bits per heavy atom. The fourth-order valence-electron chi connectivity index (χ4n) is 3.13. The minimum atomic E-state index is -3.84. The van der Waals surface area contributed by atoms with Gasteiger partial charge in [0.25, 0.3) is 11.8 Å². The lowest BCUT2D eigenvalue weighted by molar-refractivity contribution is -0.119. The second-order valence-electron chi connectivity index (χ2n) is 7.76. The van der Waals surface area contributed by atoms with Crippen molar-refractivity contribution in [3.05, 3.63) is 82.3 Å². The van der Waals surface area contributed by atoms with E-state index in [0.717, 1.165) is 10.6 Å². The average molecular weight is 579 g/mol. The van der Waals surface area contributed by atoms with Crippen molar-refractivity contribution in [2.75, 3.05) is 36.1 Å². The van der Waals surface area contributed by atoms with Gasteiger partial charge in [-0.2, -0.15) is 5.10 Å². The second-order valence-corrected chi connectivity index (χ2v) is 10.5. The molecule has 3 rings (SSSR count). The summed E-state index contributed by atoms with van der Waals surface area (Å²) in [4.78, 5) is 24.5. The van der Waals surface area contributed by atoms with E-state index in [1.807, 2.05) is 0 Å². The van der Waals surface area contributed by atoms with Gasteiger partial charge in [-0.1, -0.05) is 35.3 Å². The molecule has 0 saturated heterocycles. The molecule has 200 valence electrons. The van der Waals surface area contributed by atoms with Gasteiger partial charge >= 0.3 is 0 Å². The first-order chi connectivity index (χ1) is 18.1. The number of sulfonamides is 1. The molecule has 0 heterocycles. The molecular formula is C25H24Cl2N4O6S. The molecule has 0 radical (unpaired) electrons. The lowest BCUT2D eigenvalue weighted by Gasteiger charge is -2.23. The Hall–Kier alpha value is -3.80. The monoisotopic (exact) mass is 578 g/mol. The first-order valence-electron chi connectivity index (χ1n) is 11.0. The molecule has 3 aromatic carbocycles. The molecule has 2 amide bonds. The molecule has 38 heavy (non-hydrogen) atoms. The number of rotatable bonds is 11. The van der Waals surface area contributed by atoms with Crippen molar-refractivity contribution < 1.29 is 27.5 Å². The third kappa shape index (κ3) is 8.37. The molecule has 0 aromatic heterocycles. The number of carbonyl (C=O) groups is 2. The third-order valence-corrected chi connectivity index (χ3v) is 6.59. The van der Waals surface area contributed by atoms with E-state index in [4.69, 9.17) is 32.7 Å². The maximum atomic E-state index is 12.4. The molecule has 0 saturated carbocycles. The van der Waals surface area contributed by atoms with Crippen LogP contribution in [0.3, 0.4) is 0 Å². The number of amides is 2. The maximum Gasteiger partial charge on any atom is 0.262 e. The molecule has 0 atom stereocenters. The fraction of sp³-hybridized carbons (Fsp3) is 0.160. The van der Waals surface area contributed by atoms with Crippen LogP contribution in [0.2, 0.25) is 10.0 Å². The van der Waals surface area contributed by atoms with E-state index < -0.39 is 22.5 Å². The smallest absolute Gasteiger partial charge is 0.262 e. The largest absolute Gasteiger partial charge is 0.495 e. The number of halogens is 2. The quantitative estimate of drug-likeness (QED) is 0.262. The summed E-state index contributed by atoms with van der Waals surface area (Å²) < 4.78 is 36.2. The van der Waals surface area contributed by atoms with E-state index >= 15 is 0 Å². The molecule has 0 aliphatic rings. The van der Waals surface area contributed by atoms with Crippen molar-refractivity contribution in [1.29, 1.82) is 0 Å². The summed E-state index contributed by atoms with van der Waals surface area (Å²) in [5.41, 5.74) is 3.53. The molecule has 0 bridgehead atoms. The molecule has 0 aliphatic heterocycles. The van der Waals surface area contributed by atoms with Gasteiger partial charge in [-0.05, 0) is 60.2 Å². The predicted octanol–water partition coefficient (Wildman–Crippen LogP) is 3.94. The number of benzene rings is 3. The highest BCUT2D eigenvalue weighted by Crippen LogP contribution is 2.32. The predicted molar refractivity (Wildman–Crippen MR) is 148 cm³/mol. The van der Waals surface area contributed by atoms with E-state index in [0.29, 0.717) is 22.0 Å². The number of nitrogens with zero attached hydrogens (tertiary/aromatic N) is 2. The number of methoxy groups -OCH3 is 1. The highest BCUT2D eigenvalue weighted by molar-refractivity contribution is 7.92. The minimum absolute atomic E-state index is 0.123. The Kier molecular flexibility index (Phi) is 9.94. The van der Waals surface area contributed by atoms with Crippen LogP contribution < -0.4 is 24.5 Å². The molecule has 0 fully saturated rings. The second kappa shape index (κ2) is 13.1. The maximum absolute atomic E-state index is 12.4. The van der Waals surface area contributed by atoms with E-state index in [1.165, 1.54) is 25.5 Å². The number of hydrogen-bond acceptors (Lipinski definition) is 7. The number of nitrogens with one attached hydrogen (secondary N) is 2. The molecule has 2 N–H and O–H groups in total. The van der Waals surface area contributed by atoms with Crippen LogP contribution >= 0.6 is 23.2 Å². The summed E-state index contributed by atoms with van der Waals surface area (Å²) in [5.74, 6) is -0.372. The van der Waals surface area contributed by atoms with E-state index in [1.54, 1.807) is 54.6 Å². The van der Waals surface area contributed by atoms with Gasteiger partial charge in [0.1, 0.15) is 18.0 Å². The molecule has 0 unspecified atom stereocenters. The van der Waals surface area contributed by atoms with Crippen LogP contribution in [0, 0.1) is 0 Å². The molecular weight excluding hydrogens is 555 g/mol. The van der Waals surface area contributed by atoms with Crippen molar-refractivity contribution in [1.82, 2.24) is 5.43 Å². The molecule has 13 heteroatoms. The van der Waals surface area contributed by atoms with Gasteiger partial charge in [0, 0.05) is 5.02 Å². The lowest BCUT2D eigenvalue weighted by Crippen LogP contribution is -2.39. The summed E-state index contributed by atoms with van der Waals surface area (Å²) in [6, 6.07) is 17.9. The van der Waals surface area contributed by atoms with E-state index in [-0.39, 0.29) is 29.0 Å². The van der Waals surface area contributed by atoms with Gasteiger partial charge in [0.2, 0.25) is 10.0 Å². The zero-order valence-corrected chi connectivity index (χ0v) is 22.7. The summed E-state index contributed by atoms with van der Waals surface area (Å²) in [6.07, 6.45) is 2.34. The Bertz CT molecular complexity index is 1430. The number of hydrazone groups is 1. The molecule has 3 aromatic rings. The zero-order chi connectivity index (χ0) is 27.7. The highest BCUT2D eigenvalue weighted by Gasteiger charge is 2.24. The number of ether oxygens (including phenoxy) is 2. The Morgan fingerprint density at radius 2 is 1.74 bits per heavy atom. The van der Waals surface area contributed by atoms with Crippen LogP contribution in [-0.2, 0) is 19.6 Å². The summed E-state index contributed by atoms with van der Waals surface area (Å²) >= 11 is 12.0. The van der Waals surface area contributed by atoms with Crippen LogP contribution in [0.1, 0.15) is 5.56 Å². The van der Waals surface area contributed by atoms with Gasteiger partial charge < -0.3 is 14.8 Å². The number of carbonyl (C=O) groups excluding carboxylic acids is 2. The highest BCUT2D eigenvalue weighted by atomic mass is 35.5. The van der Waals surface area contributed by atoms with Crippen molar-refractivity contribution in [3.8, 4) is 11.5 Å². The Morgan fingerprint density at radius 1 is 1.03 bits per heavy atom. The molecule has 0 aliphatic carbocycles. The van der Waals surface area contributed by atoms with Crippen molar-refractivity contribution in [2.45, 2.75) is 0 Å².